The minimum Gasteiger partial charge on any atom is -0.344 e. The number of nitriles is 1. The molecule has 2 aromatic carbocycles. The average Bonchev–Trinajstić information content (AvgIpc) is 3.53. The van der Waals surface area contributed by atoms with Gasteiger partial charge in [-0.3, -0.25) is 19.7 Å². The maximum Gasteiger partial charge on any atom is 0.257 e. The molecule has 0 bridgehead atoms. The van der Waals surface area contributed by atoms with E-state index < -0.39 is 0 Å². The molecular weight excluding hydrogens is 468 g/mol. The third-order valence-electron chi connectivity index (χ3n) is 7.13. The fourth-order valence-electron chi connectivity index (χ4n) is 4.67. The number of imidazole rings is 1. The van der Waals surface area contributed by atoms with Gasteiger partial charge in [0.25, 0.3) is 5.91 Å². The Morgan fingerprint density at radius 1 is 1.11 bits per heavy atom. The van der Waals surface area contributed by atoms with Crippen LogP contribution in [0.4, 0.5) is 11.6 Å². The summed E-state index contributed by atoms with van der Waals surface area (Å²) in [5.41, 5.74) is 3.03. The number of hydrogen-bond donors (Lipinski definition) is 1. The molecule has 1 heterocycles. The molecule has 0 aliphatic heterocycles. The van der Waals surface area contributed by atoms with Crippen molar-refractivity contribution in [1.82, 2.24) is 14.5 Å². The predicted octanol–water partition coefficient (Wildman–Crippen LogP) is 4.18. The van der Waals surface area contributed by atoms with Crippen molar-refractivity contribution >= 4 is 40.4 Å². The van der Waals surface area contributed by atoms with Gasteiger partial charge in [-0.15, -0.1) is 0 Å². The summed E-state index contributed by atoms with van der Waals surface area (Å²) in [5, 5.41) is 11.9. The van der Waals surface area contributed by atoms with Gasteiger partial charge in [0.2, 0.25) is 17.8 Å². The molecule has 1 aromatic heterocycles. The third-order valence-corrected chi connectivity index (χ3v) is 7.13. The summed E-state index contributed by atoms with van der Waals surface area (Å²) in [5.74, 6) is 0.476. The first kappa shape index (κ1) is 25.9. The van der Waals surface area contributed by atoms with Gasteiger partial charge in [-0.1, -0.05) is 12.8 Å². The van der Waals surface area contributed by atoms with Crippen molar-refractivity contribution < 1.29 is 14.4 Å². The van der Waals surface area contributed by atoms with Crippen molar-refractivity contribution in [3.8, 4) is 6.07 Å². The highest BCUT2D eigenvalue weighted by atomic mass is 16.2. The van der Waals surface area contributed by atoms with Crippen LogP contribution in [0.1, 0.15) is 54.9 Å². The van der Waals surface area contributed by atoms with E-state index in [1.165, 1.54) is 19.8 Å². The molecular formula is C28H32N6O3. The SMILES string of the molecule is CC(=O)N(C)CCn1c(NC(=O)c2ccc(C#N)cc2)nc2cc(N(C)C(=O)CC3CCCC3)ccc21. The maximum absolute atomic E-state index is 13.0. The van der Waals surface area contributed by atoms with Gasteiger partial charge in [-0.05, 0) is 61.2 Å². The Labute approximate surface area is 216 Å². The lowest BCUT2D eigenvalue weighted by Crippen LogP contribution is -2.28. The van der Waals surface area contributed by atoms with Crippen LogP contribution in [0.15, 0.2) is 42.5 Å². The Kier molecular flexibility index (Phi) is 7.87. The molecule has 1 saturated carbocycles. The van der Waals surface area contributed by atoms with E-state index >= 15 is 0 Å². The number of rotatable bonds is 8. The van der Waals surface area contributed by atoms with Gasteiger partial charge < -0.3 is 14.4 Å². The van der Waals surface area contributed by atoms with Crippen LogP contribution in [0.25, 0.3) is 11.0 Å². The summed E-state index contributed by atoms with van der Waals surface area (Å²) in [6.07, 6.45) is 5.16. The van der Waals surface area contributed by atoms with Gasteiger partial charge >= 0.3 is 0 Å². The topological polar surface area (TPSA) is 111 Å². The first-order valence-electron chi connectivity index (χ1n) is 12.6. The summed E-state index contributed by atoms with van der Waals surface area (Å²) < 4.78 is 1.86. The van der Waals surface area contributed by atoms with Crippen molar-refractivity contribution in [2.75, 3.05) is 30.9 Å². The molecule has 9 nitrogen and oxygen atoms in total. The Morgan fingerprint density at radius 3 is 2.46 bits per heavy atom. The summed E-state index contributed by atoms with van der Waals surface area (Å²) in [7, 11) is 3.50. The van der Waals surface area contributed by atoms with E-state index in [0.29, 0.717) is 48.0 Å². The zero-order valence-corrected chi connectivity index (χ0v) is 21.5. The average molecular weight is 501 g/mol. The third kappa shape index (κ3) is 5.97. The van der Waals surface area contributed by atoms with Crippen LogP contribution in [-0.4, -0.2) is 52.8 Å². The number of fused-ring (bicyclic) bond motifs is 1. The summed E-state index contributed by atoms with van der Waals surface area (Å²) in [4.78, 5) is 45.5. The molecule has 37 heavy (non-hydrogen) atoms. The number of anilines is 2. The quantitative estimate of drug-likeness (QED) is 0.499. The number of benzene rings is 2. The summed E-state index contributed by atoms with van der Waals surface area (Å²) >= 11 is 0. The van der Waals surface area contributed by atoms with Gasteiger partial charge in [-0.2, -0.15) is 5.26 Å². The lowest BCUT2D eigenvalue weighted by Gasteiger charge is -2.20. The maximum atomic E-state index is 13.0. The van der Waals surface area contributed by atoms with Crippen molar-refractivity contribution in [3.63, 3.8) is 0 Å². The van der Waals surface area contributed by atoms with Crippen LogP contribution >= 0.6 is 0 Å². The number of likely N-dealkylation sites (N-methyl/N-ethyl adjacent to an activating group) is 1. The Bertz CT molecular complexity index is 1350. The monoisotopic (exact) mass is 500 g/mol. The van der Waals surface area contributed by atoms with E-state index in [4.69, 9.17) is 5.26 Å². The molecule has 0 spiro atoms. The largest absolute Gasteiger partial charge is 0.344 e. The van der Waals surface area contributed by atoms with Gasteiger partial charge in [-0.25, -0.2) is 4.98 Å². The minimum atomic E-state index is -0.356. The number of carbonyl (C=O) groups is 3. The normalized spacial score (nSPS) is 13.4. The first-order chi connectivity index (χ1) is 17.8. The smallest absolute Gasteiger partial charge is 0.257 e. The van der Waals surface area contributed by atoms with Gasteiger partial charge in [0.15, 0.2) is 0 Å². The van der Waals surface area contributed by atoms with Crippen molar-refractivity contribution in [2.24, 2.45) is 5.92 Å². The van der Waals surface area contributed by atoms with E-state index in [0.717, 1.165) is 24.0 Å². The highest BCUT2D eigenvalue weighted by Gasteiger charge is 2.22. The molecule has 0 unspecified atom stereocenters. The highest BCUT2D eigenvalue weighted by Crippen LogP contribution is 2.30. The Hall–Kier alpha value is -4.19. The zero-order chi connectivity index (χ0) is 26.5. The van der Waals surface area contributed by atoms with Crippen LogP contribution in [0, 0.1) is 17.2 Å². The highest BCUT2D eigenvalue weighted by molar-refractivity contribution is 6.04. The van der Waals surface area contributed by atoms with Crippen LogP contribution in [-0.2, 0) is 16.1 Å². The van der Waals surface area contributed by atoms with Crippen molar-refractivity contribution in [3.05, 3.63) is 53.6 Å². The van der Waals surface area contributed by atoms with E-state index in [1.54, 1.807) is 48.2 Å². The number of carbonyl (C=O) groups excluding carboxylic acids is 3. The summed E-state index contributed by atoms with van der Waals surface area (Å²) in [6, 6.07) is 14.0. The molecule has 1 aliphatic rings. The number of amides is 3. The molecule has 0 atom stereocenters. The van der Waals surface area contributed by atoms with E-state index in [1.807, 2.05) is 28.8 Å². The molecule has 0 radical (unpaired) electrons. The minimum absolute atomic E-state index is 0.0581. The lowest BCUT2D eigenvalue weighted by molar-refractivity contribution is -0.127. The lowest BCUT2D eigenvalue weighted by atomic mass is 10.0. The van der Waals surface area contributed by atoms with Crippen LogP contribution in [0.3, 0.4) is 0 Å². The number of nitrogens with one attached hydrogen (secondary N) is 1. The van der Waals surface area contributed by atoms with Crippen LogP contribution in [0.2, 0.25) is 0 Å². The van der Waals surface area contributed by atoms with Crippen LogP contribution in [0.5, 0.6) is 0 Å². The number of nitrogens with zero attached hydrogens (tertiary/aromatic N) is 5. The molecule has 1 N–H and O–H groups in total. The molecule has 1 fully saturated rings. The number of aromatic nitrogens is 2. The van der Waals surface area contributed by atoms with Gasteiger partial charge in [0.1, 0.15) is 0 Å². The standard InChI is InChI=1S/C28H32N6O3/c1-19(35)32(2)14-15-34-25-13-12-23(33(3)26(36)16-20-6-4-5-7-20)17-24(25)30-28(34)31-27(37)22-10-8-21(18-29)9-11-22/h8-13,17,20H,4-7,14-16H2,1-3H3,(H,30,31,37). The molecule has 3 amide bonds. The fraction of sp³-hybridized carbons (Fsp3) is 0.393. The second kappa shape index (κ2) is 11.2. The fourth-order valence-corrected chi connectivity index (χ4v) is 4.67. The second-order valence-electron chi connectivity index (χ2n) is 9.65. The zero-order valence-electron chi connectivity index (χ0n) is 21.5. The molecule has 192 valence electrons. The van der Waals surface area contributed by atoms with E-state index in [-0.39, 0.29) is 17.7 Å². The molecule has 0 saturated heterocycles. The summed E-state index contributed by atoms with van der Waals surface area (Å²) in [6.45, 7) is 2.36. The van der Waals surface area contributed by atoms with Crippen molar-refractivity contribution in [2.45, 2.75) is 45.6 Å². The molecule has 1 aliphatic carbocycles. The Balaban J connectivity index is 1.61. The second-order valence-corrected chi connectivity index (χ2v) is 9.65. The molecule has 9 heteroatoms. The van der Waals surface area contributed by atoms with E-state index in [2.05, 4.69) is 10.3 Å². The van der Waals surface area contributed by atoms with E-state index in [9.17, 15) is 14.4 Å². The Morgan fingerprint density at radius 2 is 1.81 bits per heavy atom. The van der Waals surface area contributed by atoms with Crippen LogP contribution < -0.4 is 10.2 Å². The van der Waals surface area contributed by atoms with Gasteiger partial charge in [0.05, 0.1) is 22.7 Å². The van der Waals surface area contributed by atoms with Crippen molar-refractivity contribution in [1.29, 1.82) is 5.26 Å². The molecule has 3 aromatic rings. The predicted molar refractivity (Wildman–Crippen MR) is 142 cm³/mol. The molecule has 4 rings (SSSR count). The first-order valence-corrected chi connectivity index (χ1v) is 12.6. The van der Waals surface area contributed by atoms with Gasteiger partial charge in [0, 0.05) is 51.8 Å². The number of hydrogen-bond acceptors (Lipinski definition) is 5.